The monoisotopic (exact) mass is 332 g/mol. The molecule has 0 atom stereocenters. The third kappa shape index (κ3) is 4.70. The van der Waals surface area contributed by atoms with Crippen LogP contribution in [-0.4, -0.2) is 31.8 Å². The number of halogens is 2. The number of hydrogen-bond acceptors (Lipinski definition) is 3. The van der Waals surface area contributed by atoms with Crippen LogP contribution in [0.3, 0.4) is 0 Å². The molecule has 2 rings (SSSR count). The van der Waals surface area contributed by atoms with Gasteiger partial charge in [-0.2, -0.15) is 0 Å². The zero-order valence-electron chi connectivity index (χ0n) is 11.2. The molecule has 0 bridgehead atoms. The molecule has 1 aromatic carbocycles. The highest BCUT2D eigenvalue weighted by molar-refractivity contribution is 7.98. The number of thioether (sulfide) groups is 1. The highest BCUT2D eigenvalue weighted by Gasteiger charge is 2.12. The summed E-state index contributed by atoms with van der Waals surface area (Å²) in [6, 6.07) is 5.52. The lowest BCUT2D eigenvalue weighted by Crippen LogP contribution is -2.29. The van der Waals surface area contributed by atoms with Crippen LogP contribution in [0.1, 0.15) is 16.8 Å². The molecule has 110 valence electrons. The molecule has 1 heterocycles. The van der Waals surface area contributed by atoms with Crippen molar-refractivity contribution in [1.82, 2.24) is 10.6 Å². The van der Waals surface area contributed by atoms with Crippen LogP contribution in [0.15, 0.2) is 34.7 Å². The molecule has 0 radical (unpaired) electrons. The van der Waals surface area contributed by atoms with Gasteiger partial charge in [0.05, 0.1) is 10.6 Å². The van der Waals surface area contributed by atoms with Gasteiger partial charge in [-0.25, -0.2) is 0 Å². The summed E-state index contributed by atoms with van der Waals surface area (Å²) < 4.78 is 0. The fourth-order valence-corrected chi connectivity index (χ4v) is 2.57. The largest absolute Gasteiger partial charge is 0.348 e. The molecule has 1 amide bonds. The minimum atomic E-state index is -0.111. The molecular weight excluding hydrogens is 315 g/mol. The molecule has 0 unspecified atom stereocenters. The van der Waals surface area contributed by atoms with Crippen LogP contribution in [0.4, 0.5) is 0 Å². The van der Waals surface area contributed by atoms with Crippen LogP contribution >= 0.6 is 35.8 Å². The van der Waals surface area contributed by atoms with Crippen LogP contribution in [-0.2, 0) is 0 Å². The molecule has 20 heavy (non-hydrogen) atoms. The molecule has 0 saturated heterocycles. The second-order valence-electron chi connectivity index (χ2n) is 4.34. The fourth-order valence-electron chi connectivity index (χ4n) is 1.92. The van der Waals surface area contributed by atoms with E-state index in [4.69, 9.17) is 11.6 Å². The molecule has 0 spiro atoms. The second-order valence-corrected chi connectivity index (χ2v) is 5.63. The van der Waals surface area contributed by atoms with Crippen molar-refractivity contribution < 1.29 is 4.79 Å². The summed E-state index contributed by atoms with van der Waals surface area (Å²) >= 11 is 7.67. The molecule has 0 fully saturated rings. The lowest BCUT2D eigenvalue weighted by molar-refractivity contribution is 0.0956. The third-order valence-electron chi connectivity index (χ3n) is 3.05. The van der Waals surface area contributed by atoms with E-state index in [-0.39, 0.29) is 18.3 Å². The van der Waals surface area contributed by atoms with E-state index in [9.17, 15) is 4.79 Å². The lowest BCUT2D eigenvalue weighted by Gasteiger charge is -2.15. The SMILES string of the molecule is CSc1ccc(Cl)c(C(=O)NCC2=CCNCC2)c1.Cl. The maximum absolute atomic E-state index is 12.1. The third-order valence-corrected chi connectivity index (χ3v) is 4.11. The van der Waals surface area contributed by atoms with Crippen molar-refractivity contribution in [2.45, 2.75) is 11.3 Å². The predicted molar refractivity (Wildman–Crippen MR) is 88.4 cm³/mol. The van der Waals surface area contributed by atoms with Crippen LogP contribution in [0, 0.1) is 0 Å². The van der Waals surface area contributed by atoms with Gasteiger partial charge in [0, 0.05) is 18.0 Å². The Morgan fingerprint density at radius 1 is 1.50 bits per heavy atom. The minimum Gasteiger partial charge on any atom is -0.348 e. The van der Waals surface area contributed by atoms with Crippen LogP contribution < -0.4 is 10.6 Å². The van der Waals surface area contributed by atoms with Crippen molar-refractivity contribution in [1.29, 1.82) is 0 Å². The van der Waals surface area contributed by atoms with Crippen molar-refractivity contribution >= 4 is 41.7 Å². The molecule has 6 heteroatoms. The number of nitrogens with one attached hydrogen (secondary N) is 2. The van der Waals surface area contributed by atoms with E-state index in [1.165, 1.54) is 5.57 Å². The summed E-state index contributed by atoms with van der Waals surface area (Å²) in [6.07, 6.45) is 5.09. The van der Waals surface area contributed by atoms with Gasteiger partial charge in [0.25, 0.3) is 5.91 Å². The van der Waals surface area contributed by atoms with Gasteiger partial charge in [-0.05, 0) is 37.4 Å². The second kappa shape index (κ2) is 8.57. The molecule has 0 aromatic heterocycles. The van der Waals surface area contributed by atoms with Crippen molar-refractivity contribution in [3.63, 3.8) is 0 Å². The molecule has 1 aliphatic heterocycles. The first kappa shape index (κ1) is 17.4. The maximum atomic E-state index is 12.1. The number of amides is 1. The van der Waals surface area contributed by atoms with E-state index < -0.39 is 0 Å². The van der Waals surface area contributed by atoms with E-state index in [0.29, 0.717) is 17.1 Å². The van der Waals surface area contributed by atoms with Gasteiger partial charge in [0.2, 0.25) is 0 Å². The zero-order valence-corrected chi connectivity index (χ0v) is 13.6. The van der Waals surface area contributed by atoms with Crippen LogP contribution in [0.25, 0.3) is 0 Å². The molecule has 0 saturated carbocycles. The van der Waals surface area contributed by atoms with E-state index in [1.54, 1.807) is 17.8 Å². The van der Waals surface area contributed by atoms with Gasteiger partial charge < -0.3 is 10.6 Å². The Bertz CT molecular complexity index is 506. The van der Waals surface area contributed by atoms with Crippen LogP contribution in [0.2, 0.25) is 5.02 Å². The van der Waals surface area contributed by atoms with Crippen molar-refractivity contribution in [3.05, 3.63) is 40.4 Å². The van der Waals surface area contributed by atoms with Gasteiger partial charge >= 0.3 is 0 Å². The normalized spacial score (nSPS) is 14.2. The van der Waals surface area contributed by atoms with E-state index in [2.05, 4.69) is 16.7 Å². The lowest BCUT2D eigenvalue weighted by atomic mass is 10.1. The average molecular weight is 333 g/mol. The van der Waals surface area contributed by atoms with Gasteiger partial charge in [-0.1, -0.05) is 23.3 Å². The van der Waals surface area contributed by atoms with Crippen molar-refractivity contribution in [2.24, 2.45) is 0 Å². The summed E-state index contributed by atoms with van der Waals surface area (Å²) in [5.41, 5.74) is 1.81. The Kier molecular flexibility index (Phi) is 7.45. The molecule has 0 aliphatic carbocycles. The average Bonchev–Trinajstić information content (AvgIpc) is 2.46. The summed E-state index contributed by atoms with van der Waals surface area (Å²) in [4.78, 5) is 13.2. The summed E-state index contributed by atoms with van der Waals surface area (Å²) in [7, 11) is 0. The number of rotatable bonds is 4. The summed E-state index contributed by atoms with van der Waals surface area (Å²) in [6.45, 7) is 2.46. The first-order valence-corrected chi connectivity index (χ1v) is 7.81. The van der Waals surface area contributed by atoms with Gasteiger partial charge in [-0.3, -0.25) is 4.79 Å². The molecule has 2 N–H and O–H groups in total. The fraction of sp³-hybridized carbons (Fsp3) is 0.357. The van der Waals surface area contributed by atoms with Crippen molar-refractivity contribution in [2.75, 3.05) is 25.9 Å². The van der Waals surface area contributed by atoms with Gasteiger partial charge in [-0.15, -0.1) is 24.2 Å². The topological polar surface area (TPSA) is 41.1 Å². The Morgan fingerprint density at radius 3 is 2.95 bits per heavy atom. The first-order valence-electron chi connectivity index (χ1n) is 6.21. The summed E-state index contributed by atoms with van der Waals surface area (Å²) in [5, 5.41) is 6.67. The quantitative estimate of drug-likeness (QED) is 0.657. The first-order chi connectivity index (χ1) is 9.20. The number of carbonyl (C=O) groups is 1. The van der Waals surface area contributed by atoms with Crippen LogP contribution in [0.5, 0.6) is 0 Å². The number of hydrogen-bond donors (Lipinski definition) is 2. The number of carbonyl (C=O) groups excluding carboxylic acids is 1. The summed E-state index contributed by atoms with van der Waals surface area (Å²) in [5.74, 6) is -0.111. The highest BCUT2D eigenvalue weighted by Crippen LogP contribution is 2.23. The van der Waals surface area contributed by atoms with E-state index in [1.807, 2.05) is 18.4 Å². The van der Waals surface area contributed by atoms with Gasteiger partial charge in [0.1, 0.15) is 0 Å². The molecule has 3 nitrogen and oxygen atoms in total. The smallest absolute Gasteiger partial charge is 0.253 e. The zero-order chi connectivity index (χ0) is 13.7. The molecule has 1 aliphatic rings. The van der Waals surface area contributed by atoms with Crippen molar-refractivity contribution in [3.8, 4) is 0 Å². The Balaban J connectivity index is 0.00000200. The van der Waals surface area contributed by atoms with Gasteiger partial charge in [0.15, 0.2) is 0 Å². The molecular formula is C14H18Cl2N2OS. The predicted octanol–water partition coefficient (Wildman–Crippen LogP) is 3.13. The Labute approximate surface area is 134 Å². The Morgan fingerprint density at radius 2 is 2.30 bits per heavy atom. The highest BCUT2D eigenvalue weighted by atomic mass is 35.5. The Hall–Kier alpha value is -0.680. The maximum Gasteiger partial charge on any atom is 0.253 e. The molecule has 1 aromatic rings. The van der Waals surface area contributed by atoms with E-state index >= 15 is 0 Å². The van der Waals surface area contributed by atoms with E-state index in [0.717, 1.165) is 24.4 Å². The standard InChI is InChI=1S/C14H17ClN2OS.ClH/c1-19-11-2-3-13(15)12(8-11)14(18)17-9-10-4-6-16-7-5-10;/h2-4,8,16H,5-7,9H2,1H3,(H,17,18);1H. The number of benzene rings is 1. The minimum absolute atomic E-state index is 0.